The Labute approximate surface area is 128 Å². The highest BCUT2D eigenvalue weighted by atomic mass is 16.5. The highest BCUT2D eigenvalue weighted by molar-refractivity contribution is 5.80. The summed E-state index contributed by atoms with van der Waals surface area (Å²) < 4.78 is 5.84. The Bertz CT molecular complexity index is 373. The van der Waals surface area contributed by atoms with Gasteiger partial charge in [-0.2, -0.15) is 0 Å². The quantitative estimate of drug-likeness (QED) is 0.847. The largest absolute Gasteiger partial charge is 0.374 e. The van der Waals surface area contributed by atoms with E-state index in [9.17, 15) is 4.79 Å². The molecule has 120 valence electrons. The second-order valence-corrected chi connectivity index (χ2v) is 7.30. The zero-order chi connectivity index (χ0) is 15.0. The fourth-order valence-electron chi connectivity index (χ4n) is 4.54. The van der Waals surface area contributed by atoms with Crippen molar-refractivity contribution < 1.29 is 9.53 Å². The zero-order valence-corrected chi connectivity index (χ0v) is 13.7. The zero-order valence-electron chi connectivity index (χ0n) is 13.7. The summed E-state index contributed by atoms with van der Waals surface area (Å²) in [5.74, 6) is 1.49. The highest BCUT2D eigenvalue weighted by Crippen LogP contribution is 2.35. The fourth-order valence-corrected chi connectivity index (χ4v) is 4.54. The molecule has 3 aliphatic rings. The average Bonchev–Trinajstić information content (AvgIpc) is 3.08. The lowest BCUT2D eigenvalue weighted by atomic mass is 9.85. The van der Waals surface area contributed by atoms with Crippen molar-refractivity contribution in [1.82, 2.24) is 10.2 Å². The van der Waals surface area contributed by atoms with Gasteiger partial charge in [-0.3, -0.25) is 4.79 Å². The monoisotopic (exact) mass is 294 g/mol. The second kappa shape index (κ2) is 6.25. The number of hydrogen-bond acceptors (Lipinski definition) is 3. The summed E-state index contributed by atoms with van der Waals surface area (Å²) in [6.07, 6.45) is 5.23. The molecule has 0 spiro atoms. The fraction of sp³-hybridized carbons (Fsp3) is 0.941. The summed E-state index contributed by atoms with van der Waals surface area (Å²) >= 11 is 0. The minimum Gasteiger partial charge on any atom is -0.374 e. The van der Waals surface area contributed by atoms with Crippen LogP contribution >= 0.6 is 0 Å². The van der Waals surface area contributed by atoms with Crippen molar-refractivity contribution >= 4 is 5.91 Å². The van der Waals surface area contributed by atoms with Crippen LogP contribution < -0.4 is 5.32 Å². The number of carbonyl (C=O) groups excluding carboxylic acids is 1. The van der Waals surface area contributed by atoms with E-state index in [1.54, 1.807) is 0 Å². The summed E-state index contributed by atoms with van der Waals surface area (Å²) in [5.41, 5.74) is 0. The van der Waals surface area contributed by atoms with E-state index in [1.807, 2.05) is 0 Å². The first-order chi connectivity index (χ1) is 10.1. The van der Waals surface area contributed by atoms with Crippen molar-refractivity contribution in [2.45, 2.75) is 64.7 Å². The van der Waals surface area contributed by atoms with E-state index in [0.29, 0.717) is 17.9 Å². The summed E-state index contributed by atoms with van der Waals surface area (Å²) in [6, 6.07) is 0.704. The van der Waals surface area contributed by atoms with E-state index in [1.165, 1.54) is 19.4 Å². The third-order valence-corrected chi connectivity index (χ3v) is 6.05. The first-order valence-electron chi connectivity index (χ1n) is 8.75. The molecule has 3 rings (SSSR count). The van der Waals surface area contributed by atoms with Gasteiger partial charge in [-0.25, -0.2) is 0 Å². The first-order valence-corrected chi connectivity index (χ1v) is 8.75. The van der Waals surface area contributed by atoms with Crippen molar-refractivity contribution in [2.24, 2.45) is 17.8 Å². The molecule has 0 aromatic heterocycles. The molecule has 0 aromatic rings. The molecular formula is C17H30N2O2. The second-order valence-electron chi connectivity index (χ2n) is 7.30. The maximum Gasteiger partial charge on any atom is 0.228 e. The van der Waals surface area contributed by atoms with E-state index in [0.717, 1.165) is 31.8 Å². The topological polar surface area (TPSA) is 41.6 Å². The van der Waals surface area contributed by atoms with E-state index >= 15 is 0 Å². The molecule has 5 atom stereocenters. The van der Waals surface area contributed by atoms with E-state index in [2.05, 4.69) is 31.0 Å². The van der Waals surface area contributed by atoms with Crippen molar-refractivity contribution in [3.63, 3.8) is 0 Å². The van der Waals surface area contributed by atoms with Crippen LogP contribution in [0.4, 0.5) is 0 Å². The van der Waals surface area contributed by atoms with Gasteiger partial charge in [0, 0.05) is 19.1 Å². The van der Waals surface area contributed by atoms with Gasteiger partial charge in [0.2, 0.25) is 5.91 Å². The van der Waals surface area contributed by atoms with Crippen molar-refractivity contribution in [3.05, 3.63) is 0 Å². The van der Waals surface area contributed by atoms with Crippen LogP contribution in [0.1, 0.15) is 46.5 Å². The number of piperidine rings is 1. The Balaban J connectivity index is 1.55. The minimum atomic E-state index is 0.0566. The number of amides is 1. The van der Waals surface area contributed by atoms with Crippen molar-refractivity contribution in [3.8, 4) is 0 Å². The van der Waals surface area contributed by atoms with Gasteiger partial charge in [-0.05, 0) is 57.9 Å². The molecule has 0 aliphatic carbocycles. The molecule has 3 heterocycles. The van der Waals surface area contributed by atoms with Crippen LogP contribution in [0.15, 0.2) is 0 Å². The van der Waals surface area contributed by atoms with E-state index in [-0.39, 0.29) is 18.1 Å². The molecule has 0 bridgehead atoms. The standard InChI is InChI=1S/C17H30N2O2/c1-11-12(2)21-13(3)16(11)17(20)19-9-6-14(7-10-19)15-5-4-8-18-15/h11-16,18H,4-10H2,1-3H3. The summed E-state index contributed by atoms with van der Waals surface area (Å²) in [6.45, 7) is 9.35. The molecule has 1 N–H and O–H groups in total. The number of nitrogens with one attached hydrogen (secondary N) is 1. The number of likely N-dealkylation sites (tertiary alicyclic amines) is 1. The number of carbonyl (C=O) groups is 1. The Hall–Kier alpha value is -0.610. The normalized spacial score (nSPS) is 41.7. The predicted molar refractivity (Wildman–Crippen MR) is 83.0 cm³/mol. The lowest BCUT2D eigenvalue weighted by Gasteiger charge is -2.37. The van der Waals surface area contributed by atoms with Crippen molar-refractivity contribution in [1.29, 1.82) is 0 Å². The van der Waals surface area contributed by atoms with Crippen LogP contribution in [-0.4, -0.2) is 48.7 Å². The lowest BCUT2D eigenvalue weighted by Crippen LogP contribution is -2.47. The Morgan fingerprint density at radius 3 is 2.33 bits per heavy atom. The lowest BCUT2D eigenvalue weighted by molar-refractivity contribution is -0.139. The van der Waals surface area contributed by atoms with Crippen LogP contribution in [0.3, 0.4) is 0 Å². The van der Waals surface area contributed by atoms with Gasteiger partial charge < -0.3 is 15.0 Å². The van der Waals surface area contributed by atoms with Gasteiger partial charge in [0.25, 0.3) is 0 Å². The van der Waals surface area contributed by atoms with Crippen LogP contribution in [0, 0.1) is 17.8 Å². The molecular weight excluding hydrogens is 264 g/mol. The molecule has 0 saturated carbocycles. The highest BCUT2D eigenvalue weighted by Gasteiger charge is 2.44. The molecule has 5 unspecified atom stereocenters. The predicted octanol–water partition coefficient (Wildman–Crippen LogP) is 2.04. The summed E-state index contributed by atoms with van der Waals surface area (Å²) in [5, 5.41) is 3.62. The average molecular weight is 294 g/mol. The Kier molecular flexibility index (Phi) is 4.55. The maximum absolute atomic E-state index is 12.8. The third kappa shape index (κ3) is 2.98. The van der Waals surface area contributed by atoms with Gasteiger partial charge in [0.05, 0.1) is 18.1 Å². The molecule has 21 heavy (non-hydrogen) atoms. The first kappa shape index (κ1) is 15.3. The van der Waals surface area contributed by atoms with E-state index < -0.39 is 0 Å². The number of rotatable bonds is 2. The van der Waals surface area contributed by atoms with Gasteiger partial charge in [0.1, 0.15) is 0 Å². The SMILES string of the molecule is CC1OC(C)C(C(=O)N2CCC(C3CCCN3)CC2)C1C. The molecule has 1 amide bonds. The van der Waals surface area contributed by atoms with Crippen LogP contribution in [0.5, 0.6) is 0 Å². The van der Waals surface area contributed by atoms with Crippen molar-refractivity contribution in [2.75, 3.05) is 19.6 Å². The molecule has 4 heteroatoms. The van der Waals surface area contributed by atoms with Crippen LogP contribution in [-0.2, 0) is 9.53 Å². The Morgan fingerprint density at radius 2 is 1.81 bits per heavy atom. The van der Waals surface area contributed by atoms with Gasteiger partial charge in [-0.1, -0.05) is 6.92 Å². The molecule has 3 aliphatic heterocycles. The molecule has 0 radical (unpaired) electrons. The van der Waals surface area contributed by atoms with E-state index in [4.69, 9.17) is 4.74 Å². The number of nitrogens with zero attached hydrogens (tertiary/aromatic N) is 1. The molecule has 4 nitrogen and oxygen atoms in total. The minimum absolute atomic E-state index is 0.0566. The van der Waals surface area contributed by atoms with Gasteiger partial charge >= 0.3 is 0 Å². The number of ether oxygens (including phenoxy) is 1. The van der Waals surface area contributed by atoms with Crippen LogP contribution in [0.25, 0.3) is 0 Å². The smallest absolute Gasteiger partial charge is 0.228 e. The number of hydrogen-bond donors (Lipinski definition) is 1. The molecule has 0 aromatic carbocycles. The summed E-state index contributed by atoms with van der Waals surface area (Å²) in [7, 11) is 0. The molecule has 3 saturated heterocycles. The summed E-state index contributed by atoms with van der Waals surface area (Å²) in [4.78, 5) is 14.9. The van der Waals surface area contributed by atoms with Gasteiger partial charge in [-0.15, -0.1) is 0 Å². The maximum atomic E-state index is 12.8. The Morgan fingerprint density at radius 1 is 1.10 bits per heavy atom. The van der Waals surface area contributed by atoms with Crippen LogP contribution in [0.2, 0.25) is 0 Å². The third-order valence-electron chi connectivity index (χ3n) is 6.05. The van der Waals surface area contributed by atoms with Gasteiger partial charge in [0.15, 0.2) is 0 Å². The molecule has 3 fully saturated rings.